The van der Waals surface area contributed by atoms with Gasteiger partial charge in [0, 0.05) is 35.4 Å². The lowest BCUT2D eigenvalue weighted by molar-refractivity contribution is 0.764. The second-order valence-corrected chi connectivity index (χ2v) is 5.24. The van der Waals surface area contributed by atoms with Crippen molar-refractivity contribution >= 4 is 23.0 Å². The summed E-state index contributed by atoms with van der Waals surface area (Å²) >= 11 is 6.06. The molecule has 1 aliphatic rings. The summed E-state index contributed by atoms with van der Waals surface area (Å²) in [4.78, 5) is 6.73. The SMILES string of the molecule is Cc1cc(N2CCCc3ccccc32)c(CCl)cn1. The smallest absolute Gasteiger partial charge is 0.0510 e. The second kappa shape index (κ2) is 5.22. The van der Waals surface area contributed by atoms with Crippen molar-refractivity contribution in [1.29, 1.82) is 0 Å². The van der Waals surface area contributed by atoms with Gasteiger partial charge in [0.1, 0.15) is 0 Å². The Balaban J connectivity index is 2.11. The van der Waals surface area contributed by atoms with Crippen LogP contribution in [-0.4, -0.2) is 11.5 Å². The van der Waals surface area contributed by atoms with Crippen LogP contribution in [0.15, 0.2) is 36.5 Å². The number of benzene rings is 1. The van der Waals surface area contributed by atoms with E-state index in [2.05, 4.69) is 40.2 Å². The van der Waals surface area contributed by atoms with Gasteiger partial charge in [-0.2, -0.15) is 0 Å². The van der Waals surface area contributed by atoms with Crippen LogP contribution < -0.4 is 4.90 Å². The molecule has 0 radical (unpaired) electrons. The minimum Gasteiger partial charge on any atom is -0.341 e. The molecule has 3 rings (SSSR count). The molecule has 19 heavy (non-hydrogen) atoms. The molecule has 1 aliphatic heterocycles. The van der Waals surface area contributed by atoms with Gasteiger partial charge in [0.05, 0.1) is 5.88 Å². The Morgan fingerprint density at radius 2 is 2.11 bits per heavy atom. The molecule has 0 bridgehead atoms. The molecule has 1 aromatic heterocycles. The van der Waals surface area contributed by atoms with Crippen molar-refractivity contribution < 1.29 is 0 Å². The van der Waals surface area contributed by atoms with E-state index in [1.54, 1.807) is 0 Å². The zero-order chi connectivity index (χ0) is 13.2. The number of pyridine rings is 1. The number of rotatable bonds is 2. The van der Waals surface area contributed by atoms with Crippen molar-refractivity contribution in [3.05, 3.63) is 53.3 Å². The van der Waals surface area contributed by atoms with Gasteiger partial charge >= 0.3 is 0 Å². The molecular formula is C16H17ClN2. The number of aryl methyl sites for hydroxylation is 2. The molecular weight excluding hydrogens is 256 g/mol. The number of para-hydroxylation sites is 1. The maximum atomic E-state index is 6.06. The average molecular weight is 273 g/mol. The van der Waals surface area contributed by atoms with Gasteiger partial charge in [-0.1, -0.05) is 18.2 Å². The largest absolute Gasteiger partial charge is 0.341 e. The fourth-order valence-electron chi connectivity index (χ4n) is 2.71. The Morgan fingerprint density at radius 3 is 2.95 bits per heavy atom. The topological polar surface area (TPSA) is 16.1 Å². The molecule has 0 saturated heterocycles. The highest BCUT2D eigenvalue weighted by molar-refractivity contribution is 6.17. The van der Waals surface area contributed by atoms with E-state index in [0.29, 0.717) is 5.88 Å². The summed E-state index contributed by atoms with van der Waals surface area (Å²) in [5.74, 6) is 0.501. The van der Waals surface area contributed by atoms with Crippen molar-refractivity contribution in [2.75, 3.05) is 11.4 Å². The van der Waals surface area contributed by atoms with Crippen LogP contribution in [0.2, 0.25) is 0 Å². The Morgan fingerprint density at radius 1 is 1.26 bits per heavy atom. The summed E-state index contributed by atoms with van der Waals surface area (Å²) < 4.78 is 0. The van der Waals surface area contributed by atoms with E-state index in [4.69, 9.17) is 11.6 Å². The molecule has 2 nitrogen and oxygen atoms in total. The summed E-state index contributed by atoms with van der Waals surface area (Å²) in [6.07, 6.45) is 4.24. The van der Waals surface area contributed by atoms with E-state index in [0.717, 1.165) is 24.2 Å². The van der Waals surface area contributed by atoms with Gasteiger partial charge in [0.25, 0.3) is 0 Å². The highest BCUT2D eigenvalue weighted by Gasteiger charge is 2.20. The number of alkyl halides is 1. The summed E-state index contributed by atoms with van der Waals surface area (Å²) in [5.41, 5.74) is 6.07. The van der Waals surface area contributed by atoms with Gasteiger partial charge in [-0.05, 0) is 37.5 Å². The summed E-state index contributed by atoms with van der Waals surface area (Å²) in [5, 5.41) is 0. The Kier molecular flexibility index (Phi) is 3.43. The fraction of sp³-hybridized carbons (Fsp3) is 0.312. The van der Waals surface area contributed by atoms with Gasteiger partial charge in [0.2, 0.25) is 0 Å². The van der Waals surface area contributed by atoms with E-state index in [1.807, 2.05) is 13.1 Å². The molecule has 98 valence electrons. The molecule has 0 amide bonds. The fourth-order valence-corrected chi connectivity index (χ4v) is 2.92. The van der Waals surface area contributed by atoms with E-state index in [-0.39, 0.29) is 0 Å². The van der Waals surface area contributed by atoms with Crippen LogP contribution in [0.4, 0.5) is 11.4 Å². The third kappa shape index (κ3) is 2.33. The average Bonchev–Trinajstić information content (AvgIpc) is 2.46. The van der Waals surface area contributed by atoms with Crippen LogP contribution in [0.1, 0.15) is 23.2 Å². The van der Waals surface area contributed by atoms with E-state index < -0.39 is 0 Å². The molecule has 0 atom stereocenters. The zero-order valence-electron chi connectivity index (χ0n) is 11.1. The zero-order valence-corrected chi connectivity index (χ0v) is 11.8. The number of halogens is 1. The molecule has 2 aromatic rings. The maximum Gasteiger partial charge on any atom is 0.0510 e. The molecule has 0 aliphatic carbocycles. The highest BCUT2D eigenvalue weighted by Crippen LogP contribution is 2.35. The number of fused-ring (bicyclic) bond motifs is 1. The molecule has 0 N–H and O–H groups in total. The van der Waals surface area contributed by atoms with Gasteiger partial charge in [-0.3, -0.25) is 4.98 Å². The Bertz CT molecular complexity index is 595. The predicted octanol–water partition coefficient (Wildman–Crippen LogP) is 4.21. The monoisotopic (exact) mass is 272 g/mol. The minimum atomic E-state index is 0.501. The molecule has 0 fully saturated rings. The van der Waals surface area contributed by atoms with Gasteiger partial charge in [-0.25, -0.2) is 0 Å². The van der Waals surface area contributed by atoms with Crippen LogP contribution in [0.3, 0.4) is 0 Å². The number of hydrogen-bond donors (Lipinski definition) is 0. The first-order valence-corrected chi connectivity index (χ1v) is 7.20. The van der Waals surface area contributed by atoms with Crippen LogP contribution in [0.25, 0.3) is 0 Å². The third-order valence-corrected chi connectivity index (χ3v) is 3.93. The summed E-state index contributed by atoms with van der Waals surface area (Å²) in [6, 6.07) is 10.8. The number of anilines is 2. The quantitative estimate of drug-likeness (QED) is 0.761. The van der Waals surface area contributed by atoms with Crippen molar-refractivity contribution in [2.24, 2.45) is 0 Å². The predicted molar refractivity (Wildman–Crippen MR) is 80.3 cm³/mol. The van der Waals surface area contributed by atoms with Gasteiger partial charge in [-0.15, -0.1) is 11.6 Å². The lowest BCUT2D eigenvalue weighted by atomic mass is 10.0. The molecule has 0 saturated carbocycles. The summed E-state index contributed by atoms with van der Waals surface area (Å²) in [6.45, 7) is 3.07. The molecule has 1 aromatic carbocycles. The molecule has 3 heteroatoms. The van der Waals surface area contributed by atoms with Gasteiger partial charge in [0.15, 0.2) is 0 Å². The van der Waals surface area contributed by atoms with Gasteiger partial charge < -0.3 is 4.90 Å². The first kappa shape index (κ1) is 12.5. The Hall–Kier alpha value is -1.54. The highest BCUT2D eigenvalue weighted by atomic mass is 35.5. The van der Waals surface area contributed by atoms with E-state index >= 15 is 0 Å². The van der Waals surface area contributed by atoms with Crippen molar-refractivity contribution in [1.82, 2.24) is 4.98 Å². The number of hydrogen-bond acceptors (Lipinski definition) is 2. The third-order valence-electron chi connectivity index (χ3n) is 3.64. The lowest BCUT2D eigenvalue weighted by Gasteiger charge is -2.32. The molecule has 0 spiro atoms. The number of nitrogens with zero attached hydrogens (tertiary/aromatic N) is 2. The van der Waals surface area contributed by atoms with Crippen molar-refractivity contribution in [2.45, 2.75) is 25.6 Å². The van der Waals surface area contributed by atoms with Crippen LogP contribution in [0.5, 0.6) is 0 Å². The first-order valence-electron chi connectivity index (χ1n) is 6.66. The minimum absolute atomic E-state index is 0.501. The Labute approximate surface area is 119 Å². The summed E-state index contributed by atoms with van der Waals surface area (Å²) in [7, 11) is 0. The van der Waals surface area contributed by atoms with Crippen LogP contribution in [-0.2, 0) is 12.3 Å². The van der Waals surface area contributed by atoms with E-state index in [1.165, 1.54) is 23.4 Å². The lowest BCUT2D eigenvalue weighted by Crippen LogP contribution is -2.25. The first-order chi connectivity index (χ1) is 9.29. The molecule has 2 heterocycles. The normalized spacial score (nSPS) is 14.3. The second-order valence-electron chi connectivity index (χ2n) is 4.97. The van der Waals surface area contributed by atoms with Crippen LogP contribution in [0, 0.1) is 6.92 Å². The van der Waals surface area contributed by atoms with E-state index in [9.17, 15) is 0 Å². The molecule has 0 unspecified atom stereocenters. The van der Waals surface area contributed by atoms with Crippen LogP contribution >= 0.6 is 11.6 Å². The standard InChI is InChI=1S/C16H17ClN2/c1-12-9-16(14(10-17)11-18-12)19-8-4-6-13-5-2-3-7-15(13)19/h2-3,5,7,9,11H,4,6,8,10H2,1H3. The van der Waals surface area contributed by atoms with Crippen molar-refractivity contribution in [3.63, 3.8) is 0 Å². The maximum absolute atomic E-state index is 6.06. The van der Waals surface area contributed by atoms with Crippen molar-refractivity contribution in [3.8, 4) is 0 Å². The number of aromatic nitrogens is 1.